The number of hydrogen-bond acceptors (Lipinski definition) is 4. The first kappa shape index (κ1) is 16.2. The summed E-state index contributed by atoms with van der Waals surface area (Å²) < 4.78 is 6.30. The van der Waals surface area contributed by atoms with Crippen molar-refractivity contribution in [2.45, 2.75) is 12.5 Å². The van der Waals surface area contributed by atoms with Gasteiger partial charge in [0.1, 0.15) is 5.75 Å². The number of nitrogens with zero attached hydrogens (tertiary/aromatic N) is 1. The minimum absolute atomic E-state index is 0.0201. The molecule has 1 aliphatic rings. The second kappa shape index (κ2) is 7.70. The van der Waals surface area contributed by atoms with Gasteiger partial charge in [-0.3, -0.25) is 9.59 Å². The third-order valence-electron chi connectivity index (χ3n) is 3.15. The summed E-state index contributed by atoms with van der Waals surface area (Å²) in [7, 11) is 0. The van der Waals surface area contributed by atoms with Crippen LogP contribution in [0.3, 0.4) is 0 Å². The van der Waals surface area contributed by atoms with Crippen LogP contribution in [0.1, 0.15) is 6.42 Å². The van der Waals surface area contributed by atoms with E-state index in [4.69, 9.17) is 9.84 Å². The lowest BCUT2D eigenvalue weighted by Gasteiger charge is -2.34. The van der Waals surface area contributed by atoms with Crippen molar-refractivity contribution in [1.29, 1.82) is 0 Å². The number of thioether (sulfide) groups is 1. The molecule has 1 saturated heterocycles. The van der Waals surface area contributed by atoms with Gasteiger partial charge in [0, 0.05) is 18.1 Å². The summed E-state index contributed by atoms with van der Waals surface area (Å²) in [4.78, 5) is 24.8. The van der Waals surface area contributed by atoms with E-state index in [1.165, 1.54) is 0 Å². The summed E-state index contributed by atoms with van der Waals surface area (Å²) in [5.74, 6) is 1.04. The zero-order chi connectivity index (χ0) is 15.2. The third-order valence-corrected chi connectivity index (χ3v) is 4.89. The molecule has 1 amide bonds. The minimum atomic E-state index is -0.882. The lowest BCUT2D eigenvalue weighted by atomic mass is 10.2. The smallest absolute Gasteiger partial charge is 0.305 e. The van der Waals surface area contributed by atoms with E-state index in [0.29, 0.717) is 18.0 Å². The zero-order valence-electron chi connectivity index (χ0n) is 11.3. The van der Waals surface area contributed by atoms with E-state index in [-0.39, 0.29) is 25.0 Å². The number of amides is 1. The van der Waals surface area contributed by atoms with Crippen molar-refractivity contribution >= 4 is 39.6 Å². The maximum Gasteiger partial charge on any atom is 0.305 e. The molecule has 1 fully saturated rings. The molecule has 1 aliphatic heterocycles. The molecule has 1 unspecified atom stereocenters. The van der Waals surface area contributed by atoms with Crippen molar-refractivity contribution < 1.29 is 19.4 Å². The number of rotatable bonds is 5. The van der Waals surface area contributed by atoms with Crippen LogP contribution in [-0.2, 0) is 9.59 Å². The fraction of sp³-hybridized carbons (Fsp3) is 0.429. The number of benzene rings is 1. The van der Waals surface area contributed by atoms with Gasteiger partial charge in [0.15, 0.2) is 6.61 Å². The molecule has 5 nitrogen and oxygen atoms in total. The molecule has 7 heteroatoms. The summed E-state index contributed by atoms with van der Waals surface area (Å²) >= 11 is 5.03. The highest BCUT2D eigenvalue weighted by Crippen LogP contribution is 2.24. The Morgan fingerprint density at radius 2 is 2.19 bits per heavy atom. The highest BCUT2D eigenvalue weighted by Gasteiger charge is 2.29. The quantitative estimate of drug-likeness (QED) is 0.857. The van der Waals surface area contributed by atoms with Gasteiger partial charge < -0.3 is 14.7 Å². The number of hydrogen-bond donors (Lipinski definition) is 1. The normalized spacial score (nSPS) is 18.3. The Morgan fingerprint density at radius 1 is 1.43 bits per heavy atom. The second-order valence-corrected chi connectivity index (χ2v) is 6.64. The first-order chi connectivity index (χ1) is 10.1. The van der Waals surface area contributed by atoms with Crippen LogP contribution in [-0.4, -0.2) is 52.6 Å². The molecule has 1 heterocycles. The molecule has 0 aromatic heterocycles. The molecule has 0 aliphatic carbocycles. The van der Waals surface area contributed by atoms with Crippen molar-refractivity contribution in [3.8, 4) is 5.75 Å². The number of carboxylic acid groups (broad SMARTS) is 1. The molecule has 1 atom stereocenters. The monoisotopic (exact) mass is 373 g/mol. The standard InChI is InChI=1S/C14H16BrNO4S/c15-11-3-1-2-4-12(11)20-8-13(17)16-5-6-21-9-10(16)7-14(18)19/h1-4,10H,5-9H2,(H,18,19). The molecular formula is C14H16BrNO4S. The van der Waals surface area contributed by atoms with Crippen LogP contribution in [0.15, 0.2) is 28.7 Å². The summed E-state index contributed by atoms with van der Waals surface area (Å²) in [6.45, 7) is 0.490. The SMILES string of the molecule is O=C(O)CC1CSCCN1C(=O)COc1ccccc1Br. The van der Waals surface area contributed by atoms with Gasteiger partial charge in [0.2, 0.25) is 0 Å². The number of para-hydroxylation sites is 1. The van der Waals surface area contributed by atoms with Crippen molar-refractivity contribution in [2.75, 3.05) is 24.7 Å². The van der Waals surface area contributed by atoms with Crippen molar-refractivity contribution in [3.63, 3.8) is 0 Å². The summed E-state index contributed by atoms with van der Waals surface area (Å²) in [5.41, 5.74) is 0. The number of aliphatic carboxylic acids is 1. The Balaban J connectivity index is 1.94. The predicted octanol–water partition coefficient (Wildman–Crippen LogP) is 2.25. The van der Waals surface area contributed by atoms with Gasteiger partial charge in [0.25, 0.3) is 5.91 Å². The van der Waals surface area contributed by atoms with Gasteiger partial charge in [-0.1, -0.05) is 12.1 Å². The Labute approximate surface area is 135 Å². The van der Waals surface area contributed by atoms with E-state index in [2.05, 4.69) is 15.9 Å². The van der Waals surface area contributed by atoms with E-state index < -0.39 is 5.97 Å². The van der Waals surface area contributed by atoms with Gasteiger partial charge in [-0.05, 0) is 28.1 Å². The lowest BCUT2D eigenvalue weighted by molar-refractivity contribution is -0.141. The molecule has 0 radical (unpaired) electrons. The van der Waals surface area contributed by atoms with E-state index >= 15 is 0 Å². The van der Waals surface area contributed by atoms with Crippen LogP contribution < -0.4 is 4.74 Å². The van der Waals surface area contributed by atoms with Crippen molar-refractivity contribution in [2.24, 2.45) is 0 Å². The van der Waals surface area contributed by atoms with Crippen LogP contribution in [0.4, 0.5) is 0 Å². The summed E-state index contributed by atoms with van der Waals surface area (Å²) in [6.07, 6.45) is -0.0201. The van der Waals surface area contributed by atoms with Crippen LogP contribution in [0, 0.1) is 0 Å². The molecular weight excluding hydrogens is 358 g/mol. The van der Waals surface area contributed by atoms with Gasteiger partial charge in [-0.15, -0.1) is 0 Å². The Hall–Kier alpha value is -1.21. The van der Waals surface area contributed by atoms with Crippen LogP contribution >= 0.6 is 27.7 Å². The van der Waals surface area contributed by atoms with Crippen molar-refractivity contribution in [3.05, 3.63) is 28.7 Å². The average molecular weight is 374 g/mol. The first-order valence-corrected chi connectivity index (χ1v) is 8.49. The third kappa shape index (κ3) is 4.64. The van der Waals surface area contributed by atoms with E-state index in [1.807, 2.05) is 18.2 Å². The number of halogens is 1. The summed E-state index contributed by atoms with van der Waals surface area (Å²) in [6, 6.07) is 7.05. The van der Waals surface area contributed by atoms with Crippen LogP contribution in [0.25, 0.3) is 0 Å². The topological polar surface area (TPSA) is 66.8 Å². The molecule has 0 spiro atoms. The molecule has 0 saturated carbocycles. The number of carbonyl (C=O) groups excluding carboxylic acids is 1. The maximum absolute atomic E-state index is 12.3. The largest absolute Gasteiger partial charge is 0.483 e. The van der Waals surface area contributed by atoms with Crippen LogP contribution in [0.2, 0.25) is 0 Å². The van der Waals surface area contributed by atoms with E-state index in [1.54, 1.807) is 22.7 Å². The average Bonchev–Trinajstić information content (AvgIpc) is 2.46. The first-order valence-electron chi connectivity index (χ1n) is 6.54. The fourth-order valence-electron chi connectivity index (χ4n) is 2.14. The molecule has 1 aromatic carbocycles. The zero-order valence-corrected chi connectivity index (χ0v) is 13.7. The Bertz CT molecular complexity index is 525. The molecule has 1 aromatic rings. The molecule has 21 heavy (non-hydrogen) atoms. The predicted molar refractivity (Wildman–Crippen MR) is 84.7 cm³/mol. The minimum Gasteiger partial charge on any atom is -0.483 e. The van der Waals surface area contributed by atoms with E-state index in [0.717, 1.165) is 10.2 Å². The summed E-state index contributed by atoms with van der Waals surface area (Å²) in [5, 5.41) is 8.92. The lowest BCUT2D eigenvalue weighted by Crippen LogP contribution is -2.48. The maximum atomic E-state index is 12.3. The molecule has 2 rings (SSSR count). The number of carbonyl (C=O) groups is 2. The molecule has 0 bridgehead atoms. The Kier molecular flexibility index (Phi) is 5.93. The van der Waals surface area contributed by atoms with Gasteiger partial charge in [-0.2, -0.15) is 11.8 Å². The number of carboxylic acids is 1. The Morgan fingerprint density at radius 3 is 2.90 bits per heavy atom. The van der Waals surface area contributed by atoms with E-state index in [9.17, 15) is 9.59 Å². The highest BCUT2D eigenvalue weighted by molar-refractivity contribution is 9.10. The number of ether oxygens (including phenoxy) is 1. The van der Waals surface area contributed by atoms with Crippen LogP contribution in [0.5, 0.6) is 5.75 Å². The van der Waals surface area contributed by atoms with Crippen molar-refractivity contribution in [1.82, 2.24) is 4.90 Å². The van der Waals surface area contributed by atoms with Gasteiger partial charge in [0.05, 0.1) is 16.9 Å². The second-order valence-electron chi connectivity index (χ2n) is 4.63. The fourth-order valence-corrected chi connectivity index (χ4v) is 3.60. The van der Waals surface area contributed by atoms with Gasteiger partial charge >= 0.3 is 5.97 Å². The highest BCUT2D eigenvalue weighted by atomic mass is 79.9. The van der Waals surface area contributed by atoms with Gasteiger partial charge in [-0.25, -0.2) is 0 Å². The molecule has 114 valence electrons. The molecule has 1 N–H and O–H groups in total.